The summed E-state index contributed by atoms with van der Waals surface area (Å²) in [5.74, 6) is 1.79. The fourth-order valence-electron chi connectivity index (χ4n) is 1.55. The standard InChI is InChI=1S/C12H14N4O/c1-8-5-10(13)16-11(15-8)6-9-3-4-12(17-2)14-7-9/h3-5,7H,6H2,1-2H3,(H2,13,15,16). The summed E-state index contributed by atoms with van der Waals surface area (Å²) in [5, 5.41) is 0. The van der Waals surface area contributed by atoms with Gasteiger partial charge < -0.3 is 10.5 Å². The third-order valence-corrected chi connectivity index (χ3v) is 2.29. The van der Waals surface area contributed by atoms with E-state index in [9.17, 15) is 0 Å². The van der Waals surface area contributed by atoms with E-state index in [2.05, 4.69) is 15.0 Å². The van der Waals surface area contributed by atoms with Gasteiger partial charge in [0.1, 0.15) is 11.6 Å². The Labute approximate surface area is 99.7 Å². The van der Waals surface area contributed by atoms with Gasteiger partial charge in [0.25, 0.3) is 0 Å². The summed E-state index contributed by atoms with van der Waals surface area (Å²) >= 11 is 0. The summed E-state index contributed by atoms with van der Waals surface area (Å²) in [6.07, 6.45) is 2.36. The molecule has 5 nitrogen and oxygen atoms in total. The second-order valence-electron chi connectivity index (χ2n) is 3.74. The van der Waals surface area contributed by atoms with Crippen molar-refractivity contribution in [3.8, 4) is 5.88 Å². The second-order valence-corrected chi connectivity index (χ2v) is 3.74. The molecule has 0 radical (unpaired) electrons. The first kappa shape index (κ1) is 11.3. The van der Waals surface area contributed by atoms with Crippen LogP contribution in [-0.2, 0) is 6.42 Å². The molecule has 0 aliphatic carbocycles. The molecule has 0 aliphatic rings. The van der Waals surface area contributed by atoms with Crippen molar-refractivity contribution >= 4 is 5.82 Å². The number of nitrogens with zero attached hydrogens (tertiary/aromatic N) is 3. The number of nitrogens with two attached hydrogens (primary N) is 1. The van der Waals surface area contributed by atoms with Crippen LogP contribution < -0.4 is 10.5 Å². The van der Waals surface area contributed by atoms with Gasteiger partial charge in [-0.1, -0.05) is 6.07 Å². The zero-order valence-electron chi connectivity index (χ0n) is 9.84. The molecule has 0 fully saturated rings. The molecular formula is C12H14N4O. The molecule has 2 aromatic heterocycles. The summed E-state index contributed by atoms with van der Waals surface area (Å²) in [5.41, 5.74) is 7.57. The first-order valence-corrected chi connectivity index (χ1v) is 5.26. The van der Waals surface area contributed by atoms with Gasteiger partial charge in [0, 0.05) is 30.4 Å². The lowest BCUT2D eigenvalue weighted by atomic mass is 10.2. The highest BCUT2D eigenvalue weighted by molar-refractivity contribution is 5.30. The first-order valence-electron chi connectivity index (χ1n) is 5.26. The van der Waals surface area contributed by atoms with Crippen LogP contribution in [0.1, 0.15) is 17.1 Å². The third-order valence-electron chi connectivity index (χ3n) is 2.29. The van der Waals surface area contributed by atoms with E-state index in [1.54, 1.807) is 19.4 Å². The van der Waals surface area contributed by atoms with Gasteiger partial charge in [0.15, 0.2) is 0 Å². The molecule has 0 bridgehead atoms. The average Bonchev–Trinajstić information content (AvgIpc) is 2.28. The van der Waals surface area contributed by atoms with E-state index < -0.39 is 0 Å². The predicted octanol–water partition coefficient (Wildman–Crippen LogP) is 1.36. The molecule has 2 N–H and O–H groups in total. The Balaban J connectivity index is 2.19. The molecule has 2 aromatic rings. The minimum atomic E-state index is 0.494. The second kappa shape index (κ2) is 4.78. The molecular weight excluding hydrogens is 216 g/mol. The van der Waals surface area contributed by atoms with E-state index in [1.807, 2.05) is 19.1 Å². The molecule has 5 heteroatoms. The largest absolute Gasteiger partial charge is 0.481 e. The molecule has 0 spiro atoms. The predicted molar refractivity (Wildman–Crippen MR) is 64.8 cm³/mol. The lowest BCUT2D eigenvalue weighted by Gasteiger charge is -2.04. The van der Waals surface area contributed by atoms with E-state index in [0.29, 0.717) is 23.9 Å². The van der Waals surface area contributed by atoms with E-state index in [1.165, 1.54) is 0 Å². The van der Waals surface area contributed by atoms with E-state index in [-0.39, 0.29) is 0 Å². The zero-order valence-corrected chi connectivity index (χ0v) is 9.84. The Morgan fingerprint density at radius 2 is 2.12 bits per heavy atom. The molecule has 0 amide bonds. The third kappa shape index (κ3) is 2.90. The average molecular weight is 230 g/mol. The van der Waals surface area contributed by atoms with E-state index in [4.69, 9.17) is 10.5 Å². The number of rotatable bonds is 3. The Hall–Kier alpha value is -2.17. The van der Waals surface area contributed by atoms with Crippen molar-refractivity contribution < 1.29 is 4.74 Å². The van der Waals surface area contributed by atoms with Gasteiger partial charge >= 0.3 is 0 Å². The molecule has 17 heavy (non-hydrogen) atoms. The topological polar surface area (TPSA) is 73.9 Å². The number of aryl methyl sites for hydroxylation is 1. The fourth-order valence-corrected chi connectivity index (χ4v) is 1.55. The van der Waals surface area contributed by atoms with Crippen LogP contribution in [0, 0.1) is 6.92 Å². The maximum atomic E-state index is 5.67. The highest BCUT2D eigenvalue weighted by atomic mass is 16.5. The van der Waals surface area contributed by atoms with Gasteiger partial charge in [-0.25, -0.2) is 15.0 Å². The number of ether oxygens (including phenoxy) is 1. The van der Waals surface area contributed by atoms with Gasteiger partial charge in [-0.3, -0.25) is 0 Å². The van der Waals surface area contributed by atoms with Crippen LogP contribution in [0.5, 0.6) is 5.88 Å². The summed E-state index contributed by atoms with van der Waals surface area (Å²) in [6, 6.07) is 5.50. The van der Waals surface area contributed by atoms with Crippen molar-refractivity contribution in [2.24, 2.45) is 0 Å². The van der Waals surface area contributed by atoms with Crippen LogP contribution in [0.2, 0.25) is 0 Å². The maximum Gasteiger partial charge on any atom is 0.212 e. The highest BCUT2D eigenvalue weighted by Crippen LogP contribution is 2.11. The van der Waals surface area contributed by atoms with Crippen LogP contribution in [0.15, 0.2) is 24.4 Å². The molecule has 0 saturated heterocycles. The lowest BCUT2D eigenvalue weighted by Crippen LogP contribution is -2.02. The van der Waals surface area contributed by atoms with Crippen LogP contribution in [0.25, 0.3) is 0 Å². The van der Waals surface area contributed by atoms with Crippen LogP contribution in [0.3, 0.4) is 0 Å². The monoisotopic (exact) mass is 230 g/mol. The van der Waals surface area contributed by atoms with Gasteiger partial charge in [-0.05, 0) is 12.5 Å². The maximum absolute atomic E-state index is 5.67. The normalized spacial score (nSPS) is 10.2. The van der Waals surface area contributed by atoms with Crippen LogP contribution in [-0.4, -0.2) is 22.1 Å². The number of anilines is 1. The van der Waals surface area contributed by atoms with Crippen molar-refractivity contribution in [3.63, 3.8) is 0 Å². The number of hydrogen-bond acceptors (Lipinski definition) is 5. The minimum absolute atomic E-state index is 0.494. The number of pyridine rings is 1. The van der Waals surface area contributed by atoms with Gasteiger partial charge in [0.05, 0.1) is 7.11 Å². The number of aromatic nitrogens is 3. The number of nitrogen functional groups attached to an aromatic ring is 1. The fraction of sp³-hybridized carbons (Fsp3) is 0.250. The molecule has 0 saturated carbocycles. The van der Waals surface area contributed by atoms with E-state index in [0.717, 1.165) is 11.3 Å². The smallest absolute Gasteiger partial charge is 0.212 e. The van der Waals surface area contributed by atoms with Crippen molar-refractivity contribution in [3.05, 3.63) is 41.5 Å². The number of methoxy groups -OCH3 is 1. The SMILES string of the molecule is COc1ccc(Cc2nc(C)cc(N)n2)cn1. The van der Waals surface area contributed by atoms with Crippen LogP contribution >= 0.6 is 0 Å². The summed E-state index contributed by atoms with van der Waals surface area (Å²) in [7, 11) is 1.59. The van der Waals surface area contributed by atoms with E-state index >= 15 is 0 Å². The van der Waals surface area contributed by atoms with Crippen molar-refractivity contribution in [2.45, 2.75) is 13.3 Å². The molecule has 0 unspecified atom stereocenters. The Bertz CT molecular complexity index is 490. The molecule has 0 atom stereocenters. The van der Waals surface area contributed by atoms with Crippen LogP contribution in [0.4, 0.5) is 5.82 Å². The summed E-state index contributed by atoms with van der Waals surface area (Å²) in [6.45, 7) is 1.90. The molecule has 0 aromatic carbocycles. The summed E-state index contributed by atoms with van der Waals surface area (Å²) < 4.78 is 5.00. The zero-order chi connectivity index (χ0) is 12.3. The van der Waals surface area contributed by atoms with Crippen molar-refractivity contribution in [1.82, 2.24) is 15.0 Å². The van der Waals surface area contributed by atoms with Gasteiger partial charge in [0.2, 0.25) is 5.88 Å². The quantitative estimate of drug-likeness (QED) is 0.861. The first-order chi connectivity index (χ1) is 8.17. The Kier molecular flexibility index (Phi) is 3.18. The highest BCUT2D eigenvalue weighted by Gasteiger charge is 2.02. The van der Waals surface area contributed by atoms with Gasteiger partial charge in [-0.2, -0.15) is 0 Å². The van der Waals surface area contributed by atoms with Crippen molar-refractivity contribution in [2.75, 3.05) is 12.8 Å². The van der Waals surface area contributed by atoms with Gasteiger partial charge in [-0.15, -0.1) is 0 Å². The lowest BCUT2D eigenvalue weighted by molar-refractivity contribution is 0.397. The molecule has 2 heterocycles. The summed E-state index contributed by atoms with van der Waals surface area (Å²) in [4.78, 5) is 12.6. The minimum Gasteiger partial charge on any atom is -0.481 e. The number of hydrogen-bond donors (Lipinski definition) is 1. The Morgan fingerprint density at radius 1 is 1.29 bits per heavy atom. The van der Waals surface area contributed by atoms with Crippen molar-refractivity contribution in [1.29, 1.82) is 0 Å². The molecule has 2 rings (SSSR count). The molecule has 88 valence electrons. The molecule has 0 aliphatic heterocycles. The Morgan fingerprint density at radius 3 is 2.71 bits per heavy atom.